The van der Waals surface area contributed by atoms with Crippen LogP contribution in [0.1, 0.15) is 37.5 Å². The van der Waals surface area contributed by atoms with Gasteiger partial charge in [-0.15, -0.1) is 0 Å². The summed E-state index contributed by atoms with van der Waals surface area (Å²) < 4.78 is 90.7. The topological polar surface area (TPSA) is 20.3 Å². The largest absolute Gasteiger partial charge is 0.289 e. The van der Waals surface area contributed by atoms with E-state index in [4.69, 9.17) is 0 Å². The maximum Gasteiger partial charge on any atom is 0.234 e. The van der Waals surface area contributed by atoms with E-state index < -0.39 is 47.5 Å². The van der Waals surface area contributed by atoms with Crippen LogP contribution in [0.15, 0.2) is 60.7 Å². The van der Waals surface area contributed by atoms with E-state index in [0.717, 1.165) is 21.4 Å². The van der Waals surface area contributed by atoms with E-state index in [9.17, 15) is 13.2 Å². The SMILES string of the molecule is Cc1cccc(P2(=O)c3cc(C)ccc3-c3ccc(C(C)(C)C)cc3N2c2c(F)c(F)c(F)c(F)c2F)c1. The van der Waals surface area contributed by atoms with E-state index in [0.29, 0.717) is 11.1 Å². The van der Waals surface area contributed by atoms with Crippen molar-refractivity contribution < 1.29 is 26.5 Å². The van der Waals surface area contributed by atoms with E-state index >= 15 is 13.3 Å². The second-order valence-electron chi connectivity index (χ2n) is 10.6. The minimum atomic E-state index is -4.26. The fourth-order valence-electron chi connectivity index (χ4n) is 4.89. The molecule has 1 aliphatic rings. The molecule has 1 atom stereocenters. The monoisotopic (exact) mass is 541 g/mol. The number of rotatable bonds is 2. The van der Waals surface area contributed by atoms with Crippen LogP contribution in [0.4, 0.5) is 33.3 Å². The summed E-state index contributed by atoms with van der Waals surface area (Å²) in [6.07, 6.45) is 0. The lowest BCUT2D eigenvalue weighted by molar-refractivity contribution is 0.381. The summed E-state index contributed by atoms with van der Waals surface area (Å²) in [7, 11) is -4.26. The normalized spacial score (nSPS) is 16.8. The van der Waals surface area contributed by atoms with Crippen molar-refractivity contribution in [2.24, 2.45) is 0 Å². The van der Waals surface area contributed by atoms with Crippen molar-refractivity contribution in [3.8, 4) is 11.1 Å². The van der Waals surface area contributed by atoms with Gasteiger partial charge in [-0.25, -0.2) is 22.0 Å². The first kappa shape index (κ1) is 26.2. The van der Waals surface area contributed by atoms with Crippen molar-refractivity contribution in [2.75, 3.05) is 4.67 Å². The Kier molecular flexibility index (Phi) is 6.07. The first-order valence-corrected chi connectivity index (χ1v) is 13.7. The Morgan fingerprint density at radius 1 is 0.684 bits per heavy atom. The number of fused-ring (bicyclic) bond motifs is 3. The van der Waals surface area contributed by atoms with Crippen LogP contribution in [0.25, 0.3) is 11.1 Å². The van der Waals surface area contributed by atoms with Crippen molar-refractivity contribution >= 4 is 29.3 Å². The predicted octanol–water partition coefficient (Wildman–Crippen LogP) is 8.34. The molecule has 0 radical (unpaired) electrons. The zero-order chi connectivity index (χ0) is 27.7. The van der Waals surface area contributed by atoms with Gasteiger partial charge in [0.1, 0.15) is 5.69 Å². The minimum absolute atomic E-state index is 0.0989. The first-order valence-electron chi connectivity index (χ1n) is 12.0. The molecule has 38 heavy (non-hydrogen) atoms. The maximum absolute atomic E-state index is 15.5. The van der Waals surface area contributed by atoms with Crippen molar-refractivity contribution in [1.82, 2.24) is 0 Å². The van der Waals surface area contributed by atoms with Gasteiger partial charge in [-0.2, -0.15) is 0 Å². The van der Waals surface area contributed by atoms with Gasteiger partial charge in [0.05, 0.1) is 5.69 Å². The van der Waals surface area contributed by atoms with Crippen LogP contribution >= 0.6 is 7.29 Å². The number of nitrogens with zero attached hydrogens (tertiary/aromatic N) is 1. The fraction of sp³-hybridized carbons (Fsp3) is 0.200. The molecule has 1 aliphatic heterocycles. The van der Waals surface area contributed by atoms with Crippen molar-refractivity contribution in [1.29, 1.82) is 0 Å². The van der Waals surface area contributed by atoms with Gasteiger partial charge in [0.25, 0.3) is 0 Å². The average molecular weight is 542 g/mol. The maximum atomic E-state index is 15.5. The van der Waals surface area contributed by atoms with Crippen LogP contribution in [-0.4, -0.2) is 0 Å². The van der Waals surface area contributed by atoms with Crippen molar-refractivity contribution in [3.05, 3.63) is 106 Å². The highest BCUT2D eigenvalue weighted by Crippen LogP contribution is 2.62. The zero-order valence-corrected chi connectivity index (χ0v) is 22.4. The molecule has 4 aromatic carbocycles. The predicted molar refractivity (Wildman–Crippen MR) is 142 cm³/mol. The molecule has 4 aromatic rings. The molecule has 0 fully saturated rings. The Hall–Kier alpha value is -3.44. The summed E-state index contributed by atoms with van der Waals surface area (Å²) in [5.41, 5.74) is 1.64. The molecule has 1 heterocycles. The Morgan fingerprint density at radius 3 is 1.87 bits per heavy atom. The quantitative estimate of drug-likeness (QED) is 0.110. The molecule has 196 valence electrons. The molecule has 0 saturated carbocycles. The summed E-state index contributed by atoms with van der Waals surface area (Å²) in [4.78, 5) is 0. The van der Waals surface area contributed by atoms with Gasteiger partial charge < -0.3 is 0 Å². The molecular weight excluding hydrogens is 516 g/mol. The number of hydrogen-bond donors (Lipinski definition) is 0. The van der Waals surface area contributed by atoms with Gasteiger partial charge in [-0.1, -0.05) is 68.3 Å². The molecule has 0 aliphatic carbocycles. The van der Waals surface area contributed by atoms with E-state index in [1.165, 1.54) is 0 Å². The minimum Gasteiger partial charge on any atom is -0.289 e. The third-order valence-corrected chi connectivity index (χ3v) is 9.87. The smallest absolute Gasteiger partial charge is 0.234 e. The summed E-state index contributed by atoms with van der Waals surface area (Å²) in [5.74, 6) is -10.6. The lowest BCUT2D eigenvalue weighted by atomic mass is 9.85. The second-order valence-corrected chi connectivity index (χ2v) is 13.2. The van der Waals surface area contributed by atoms with Gasteiger partial charge in [-0.3, -0.25) is 9.24 Å². The van der Waals surface area contributed by atoms with E-state index in [2.05, 4.69) is 0 Å². The molecular formula is C30H25F5NOP. The van der Waals surface area contributed by atoms with Crippen LogP contribution < -0.4 is 15.3 Å². The number of hydrogen-bond acceptors (Lipinski definition) is 1. The molecule has 0 bridgehead atoms. The number of benzene rings is 4. The van der Waals surface area contributed by atoms with Crippen LogP contribution in [0.3, 0.4) is 0 Å². The highest BCUT2D eigenvalue weighted by molar-refractivity contribution is 7.80. The zero-order valence-electron chi connectivity index (χ0n) is 21.5. The van der Waals surface area contributed by atoms with Crippen LogP contribution in [0.5, 0.6) is 0 Å². The first-order chi connectivity index (χ1) is 17.8. The Bertz CT molecular complexity index is 1650. The van der Waals surface area contributed by atoms with E-state index in [1.54, 1.807) is 62.4 Å². The molecule has 8 heteroatoms. The molecule has 0 aromatic heterocycles. The van der Waals surface area contributed by atoms with E-state index in [1.807, 2.05) is 32.9 Å². The molecule has 2 nitrogen and oxygen atoms in total. The highest BCUT2D eigenvalue weighted by Gasteiger charge is 2.47. The van der Waals surface area contributed by atoms with Crippen LogP contribution in [0.2, 0.25) is 0 Å². The summed E-state index contributed by atoms with van der Waals surface area (Å²) >= 11 is 0. The van der Waals surface area contributed by atoms with Gasteiger partial charge in [0.15, 0.2) is 23.3 Å². The Labute approximate surface area is 218 Å². The van der Waals surface area contributed by atoms with Gasteiger partial charge in [-0.05, 0) is 54.7 Å². The van der Waals surface area contributed by atoms with E-state index in [-0.39, 0.29) is 16.3 Å². The van der Waals surface area contributed by atoms with Crippen LogP contribution in [-0.2, 0) is 9.98 Å². The Morgan fingerprint density at radius 2 is 1.26 bits per heavy atom. The standard InChI is InChI=1S/C30H25F5NOP/c1-16-7-6-8-19(13-16)38(37)23-14-17(2)9-11-21(23)20-12-10-18(30(3,4)5)15-22(20)36(38)29-27(34)25(32)24(31)26(33)28(29)35/h6-15H,1-5H3. The second kappa shape index (κ2) is 8.81. The third-order valence-electron chi connectivity index (χ3n) is 6.89. The molecule has 0 amide bonds. The average Bonchev–Trinajstić information content (AvgIpc) is 2.87. The Balaban J connectivity index is 2.02. The van der Waals surface area contributed by atoms with Gasteiger partial charge >= 0.3 is 0 Å². The third kappa shape index (κ3) is 3.79. The number of aryl methyl sites for hydroxylation is 2. The van der Waals surface area contributed by atoms with Crippen molar-refractivity contribution in [3.63, 3.8) is 0 Å². The molecule has 0 saturated heterocycles. The highest BCUT2D eigenvalue weighted by atomic mass is 31.2. The number of halogens is 5. The fourth-order valence-corrected chi connectivity index (χ4v) is 8.11. The molecule has 5 rings (SSSR count). The molecule has 0 spiro atoms. The lowest BCUT2D eigenvalue weighted by Gasteiger charge is -2.41. The van der Waals surface area contributed by atoms with Gasteiger partial charge in [0, 0.05) is 16.2 Å². The lowest BCUT2D eigenvalue weighted by Crippen LogP contribution is -2.35. The number of anilines is 2. The molecule has 0 N–H and O–H groups in total. The summed E-state index contributed by atoms with van der Waals surface area (Å²) in [6, 6.07) is 17.1. The van der Waals surface area contributed by atoms with Crippen molar-refractivity contribution in [2.45, 2.75) is 40.0 Å². The van der Waals surface area contributed by atoms with Crippen LogP contribution in [0, 0.1) is 42.9 Å². The summed E-state index contributed by atoms with van der Waals surface area (Å²) in [6.45, 7) is 9.33. The molecule has 1 unspecified atom stereocenters. The summed E-state index contributed by atoms with van der Waals surface area (Å²) in [5, 5.41) is 0.461. The van der Waals surface area contributed by atoms with Gasteiger partial charge in [0.2, 0.25) is 13.1 Å².